The molecule has 4 nitrogen and oxygen atoms in total. The molecule has 80 valence electrons. The Morgan fingerprint density at radius 2 is 2.44 bits per heavy atom. The predicted octanol–water partition coefficient (Wildman–Crippen LogP) is 1.48. The zero-order chi connectivity index (χ0) is 11.4. The summed E-state index contributed by atoms with van der Waals surface area (Å²) in [5.74, 6) is 4.64. The summed E-state index contributed by atoms with van der Waals surface area (Å²) in [6.45, 7) is 2.09. The first-order valence-corrected chi connectivity index (χ1v) is 4.91. The van der Waals surface area contributed by atoms with E-state index in [-0.39, 0.29) is 0 Å². The highest BCUT2D eigenvalue weighted by molar-refractivity contribution is 5.89. The van der Waals surface area contributed by atoms with Crippen molar-refractivity contribution in [2.24, 2.45) is 0 Å². The van der Waals surface area contributed by atoms with Gasteiger partial charge in [0.15, 0.2) is 0 Å². The van der Waals surface area contributed by atoms with E-state index in [4.69, 9.17) is 4.74 Å². The SMILES string of the molecule is CCOC(=O)C#Cc1ccc2nc[nH]c2c1. The molecule has 0 atom stereocenters. The zero-order valence-corrected chi connectivity index (χ0v) is 8.78. The van der Waals surface area contributed by atoms with Crippen LogP contribution >= 0.6 is 0 Å². The van der Waals surface area contributed by atoms with E-state index in [1.807, 2.05) is 18.2 Å². The molecule has 0 spiro atoms. The van der Waals surface area contributed by atoms with Crippen LogP contribution in [0.15, 0.2) is 24.5 Å². The van der Waals surface area contributed by atoms with Gasteiger partial charge >= 0.3 is 5.97 Å². The number of ether oxygens (including phenoxy) is 1. The van der Waals surface area contributed by atoms with Gasteiger partial charge in [0.2, 0.25) is 0 Å². The first-order valence-electron chi connectivity index (χ1n) is 4.91. The van der Waals surface area contributed by atoms with E-state index in [0.29, 0.717) is 6.61 Å². The molecule has 2 aromatic rings. The molecule has 0 aliphatic carbocycles. The summed E-state index contributed by atoms with van der Waals surface area (Å²) in [4.78, 5) is 18.1. The van der Waals surface area contributed by atoms with Crippen LogP contribution in [0.25, 0.3) is 11.0 Å². The Labute approximate surface area is 92.6 Å². The van der Waals surface area contributed by atoms with Gasteiger partial charge in [0.25, 0.3) is 0 Å². The van der Waals surface area contributed by atoms with Gasteiger partial charge in [-0.15, -0.1) is 0 Å². The quantitative estimate of drug-likeness (QED) is 0.577. The molecule has 0 saturated heterocycles. The number of rotatable bonds is 1. The van der Waals surface area contributed by atoms with Gasteiger partial charge in [0, 0.05) is 11.5 Å². The van der Waals surface area contributed by atoms with Gasteiger partial charge < -0.3 is 9.72 Å². The van der Waals surface area contributed by atoms with Crippen LogP contribution in [-0.4, -0.2) is 22.5 Å². The fourth-order valence-corrected chi connectivity index (χ4v) is 1.30. The van der Waals surface area contributed by atoms with E-state index in [0.717, 1.165) is 16.6 Å². The van der Waals surface area contributed by atoms with Crippen molar-refractivity contribution in [2.75, 3.05) is 6.61 Å². The third-order valence-electron chi connectivity index (χ3n) is 2.00. The average Bonchev–Trinajstić information content (AvgIpc) is 2.74. The van der Waals surface area contributed by atoms with Gasteiger partial charge in [-0.25, -0.2) is 9.78 Å². The van der Waals surface area contributed by atoms with Crippen LogP contribution < -0.4 is 0 Å². The van der Waals surface area contributed by atoms with Crippen molar-refractivity contribution in [1.82, 2.24) is 9.97 Å². The van der Waals surface area contributed by atoms with Crippen LogP contribution in [0.5, 0.6) is 0 Å². The topological polar surface area (TPSA) is 55.0 Å². The number of fused-ring (bicyclic) bond motifs is 1. The van der Waals surface area contributed by atoms with Crippen LogP contribution in [0.4, 0.5) is 0 Å². The first kappa shape index (κ1) is 10.2. The van der Waals surface area contributed by atoms with Crippen molar-refractivity contribution in [3.63, 3.8) is 0 Å². The molecule has 0 fully saturated rings. The van der Waals surface area contributed by atoms with E-state index < -0.39 is 5.97 Å². The fraction of sp³-hybridized carbons (Fsp3) is 0.167. The Bertz CT molecular complexity index is 575. The van der Waals surface area contributed by atoms with E-state index in [2.05, 4.69) is 21.8 Å². The van der Waals surface area contributed by atoms with Gasteiger partial charge in [-0.2, -0.15) is 0 Å². The molecule has 0 radical (unpaired) electrons. The Hall–Kier alpha value is -2.28. The Balaban J connectivity index is 2.23. The molecule has 0 amide bonds. The number of hydrogen-bond donors (Lipinski definition) is 1. The van der Waals surface area contributed by atoms with E-state index in [1.165, 1.54) is 0 Å². The van der Waals surface area contributed by atoms with Crippen molar-refractivity contribution in [3.05, 3.63) is 30.1 Å². The molecule has 0 bridgehead atoms. The number of nitrogens with zero attached hydrogens (tertiary/aromatic N) is 1. The van der Waals surface area contributed by atoms with E-state index in [9.17, 15) is 4.79 Å². The molecular formula is C12H10N2O2. The van der Waals surface area contributed by atoms with Crippen LogP contribution in [0.2, 0.25) is 0 Å². The van der Waals surface area contributed by atoms with Crippen molar-refractivity contribution in [2.45, 2.75) is 6.92 Å². The number of hydrogen-bond acceptors (Lipinski definition) is 3. The highest BCUT2D eigenvalue weighted by Gasteiger charge is 1.97. The predicted molar refractivity (Wildman–Crippen MR) is 59.6 cm³/mol. The third kappa shape index (κ3) is 2.20. The van der Waals surface area contributed by atoms with Crippen LogP contribution in [0, 0.1) is 11.8 Å². The molecular weight excluding hydrogens is 204 g/mol. The number of carbonyl (C=O) groups excluding carboxylic acids is 1. The lowest BCUT2D eigenvalue weighted by Crippen LogP contribution is -1.99. The molecule has 0 aliphatic heterocycles. The van der Waals surface area contributed by atoms with Crippen molar-refractivity contribution in [1.29, 1.82) is 0 Å². The Kier molecular flexibility index (Phi) is 2.88. The Morgan fingerprint density at radius 1 is 1.56 bits per heavy atom. The van der Waals surface area contributed by atoms with E-state index in [1.54, 1.807) is 13.3 Å². The highest BCUT2D eigenvalue weighted by Crippen LogP contribution is 2.10. The van der Waals surface area contributed by atoms with Gasteiger partial charge in [-0.3, -0.25) is 0 Å². The molecule has 2 rings (SSSR count). The minimum absolute atomic E-state index is 0.340. The fourth-order valence-electron chi connectivity index (χ4n) is 1.30. The maximum atomic E-state index is 11.0. The monoisotopic (exact) mass is 214 g/mol. The molecule has 0 unspecified atom stereocenters. The summed E-state index contributed by atoms with van der Waals surface area (Å²) in [6, 6.07) is 5.50. The van der Waals surface area contributed by atoms with Gasteiger partial charge in [-0.05, 0) is 25.1 Å². The smallest absolute Gasteiger partial charge is 0.384 e. The summed E-state index contributed by atoms with van der Waals surface area (Å²) >= 11 is 0. The third-order valence-corrected chi connectivity index (χ3v) is 2.00. The maximum Gasteiger partial charge on any atom is 0.384 e. The highest BCUT2D eigenvalue weighted by atomic mass is 16.5. The van der Waals surface area contributed by atoms with Crippen LogP contribution in [-0.2, 0) is 9.53 Å². The summed E-state index contributed by atoms with van der Waals surface area (Å²) in [6.07, 6.45) is 1.62. The molecule has 4 heteroatoms. The lowest BCUT2D eigenvalue weighted by Gasteiger charge is -1.92. The number of esters is 1. The van der Waals surface area contributed by atoms with Crippen LogP contribution in [0.3, 0.4) is 0 Å². The number of carbonyl (C=O) groups is 1. The number of imidazole rings is 1. The molecule has 0 saturated carbocycles. The minimum Gasteiger partial charge on any atom is -0.456 e. The lowest BCUT2D eigenvalue weighted by atomic mass is 10.2. The first-order chi connectivity index (χ1) is 7.79. The largest absolute Gasteiger partial charge is 0.456 e. The second-order valence-electron chi connectivity index (χ2n) is 3.10. The molecule has 1 heterocycles. The van der Waals surface area contributed by atoms with Crippen molar-refractivity contribution < 1.29 is 9.53 Å². The second-order valence-corrected chi connectivity index (χ2v) is 3.10. The summed E-state index contributed by atoms with van der Waals surface area (Å²) < 4.78 is 4.70. The average molecular weight is 214 g/mol. The van der Waals surface area contributed by atoms with Crippen LogP contribution in [0.1, 0.15) is 12.5 Å². The minimum atomic E-state index is -0.507. The van der Waals surface area contributed by atoms with E-state index >= 15 is 0 Å². The summed E-state index contributed by atoms with van der Waals surface area (Å²) in [5.41, 5.74) is 2.53. The van der Waals surface area contributed by atoms with Crippen molar-refractivity contribution >= 4 is 17.0 Å². The molecule has 1 aromatic carbocycles. The number of benzene rings is 1. The molecule has 1 aromatic heterocycles. The second kappa shape index (κ2) is 4.49. The number of nitrogens with one attached hydrogen (secondary N) is 1. The Morgan fingerprint density at radius 3 is 3.25 bits per heavy atom. The molecule has 1 N–H and O–H groups in total. The number of aromatic nitrogens is 2. The van der Waals surface area contributed by atoms with Crippen molar-refractivity contribution in [3.8, 4) is 11.8 Å². The van der Waals surface area contributed by atoms with Gasteiger partial charge in [0.1, 0.15) is 0 Å². The van der Waals surface area contributed by atoms with Gasteiger partial charge in [0.05, 0.1) is 24.0 Å². The zero-order valence-electron chi connectivity index (χ0n) is 8.78. The number of aromatic amines is 1. The molecule has 16 heavy (non-hydrogen) atoms. The van der Waals surface area contributed by atoms with Gasteiger partial charge in [-0.1, -0.05) is 5.92 Å². The maximum absolute atomic E-state index is 11.0. The number of H-pyrrole nitrogens is 1. The summed E-state index contributed by atoms with van der Waals surface area (Å²) in [5, 5.41) is 0. The molecule has 0 aliphatic rings. The summed E-state index contributed by atoms with van der Waals surface area (Å²) in [7, 11) is 0. The normalized spacial score (nSPS) is 9.56. The lowest BCUT2D eigenvalue weighted by molar-refractivity contribution is -0.136. The standard InChI is InChI=1S/C12H10N2O2/c1-2-16-12(15)6-4-9-3-5-10-11(7-9)14-8-13-10/h3,5,7-8H,2H2,1H3,(H,13,14).